The zero-order chi connectivity index (χ0) is 22.2. The smallest absolute Gasteiger partial charge is 0.269 e. The second-order valence-electron chi connectivity index (χ2n) is 7.28. The summed E-state index contributed by atoms with van der Waals surface area (Å²) in [5.74, 6) is -2.11. The van der Waals surface area contributed by atoms with Crippen molar-refractivity contribution in [2.24, 2.45) is 4.99 Å². The van der Waals surface area contributed by atoms with Gasteiger partial charge in [0.15, 0.2) is 0 Å². The van der Waals surface area contributed by atoms with Crippen LogP contribution in [0.5, 0.6) is 0 Å². The van der Waals surface area contributed by atoms with E-state index in [9.17, 15) is 18.4 Å². The second-order valence-corrected chi connectivity index (χ2v) is 7.28. The number of halogens is 2. The molecule has 1 aliphatic rings. The van der Waals surface area contributed by atoms with Gasteiger partial charge in [0.25, 0.3) is 11.8 Å². The van der Waals surface area contributed by atoms with Crippen molar-refractivity contribution >= 4 is 34.1 Å². The Hall–Kier alpha value is -4.33. The molecule has 8 heteroatoms. The number of benzene rings is 3. The fourth-order valence-corrected chi connectivity index (χ4v) is 3.65. The first-order chi connectivity index (χ1) is 15.5. The Labute approximate surface area is 181 Å². The molecule has 0 unspecified atom stereocenters. The predicted molar refractivity (Wildman–Crippen MR) is 117 cm³/mol. The lowest BCUT2D eigenvalue weighted by atomic mass is 10.0. The molecule has 0 bridgehead atoms. The van der Waals surface area contributed by atoms with Gasteiger partial charge in [-0.25, -0.2) is 13.8 Å². The molecule has 0 spiro atoms. The summed E-state index contributed by atoms with van der Waals surface area (Å²) in [6.45, 7) is 0. The minimum Gasteiger partial charge on any atom is -0.351 e. The Morgan fingerprint density at radius 3 is 2.50 bits per heavy atom. The molecular weight excluding hydrogens is 414 g/mol. The summed E-state index contributed by atoms with van der Waals surface area (Å²) >= 11 is 0. The van der Waals surface area contributed by atoms with Crippen LogP contribution in [0.25, 0.3) is 10.9 Å². The van der Waals surface area contributed by atoms with Crippen molar-refractivity contribution in [2.75, 3.05) is 5.32 Å². The van der Waals surface area contributed by atoms with Crippen molar-refractivity contribution in [3.05, 3.63) is 101 Å². The third-order valence-electron chi connectivity index (χ3n) is 5.17. The van der Waals surface area contributed by atoms with E-state index >= 15 is 0 Å². The number of hydrogen-bond acceptors (Lipinski definition) is 3. The normalized spacial score (nSPS) is 15.5. The second kappa shape index (κ2) is 7.73. The Bertz CT molecular complexity index is 1410. The highest BCUT2D eigenvalue weighted by Gasteiger charge is 2.28. The average molecular weight is 430 g/mol. The number of nitrogens with zero attached hydrogens (tertiary/aromatic N) is 1. The number of H-pyrrole nitrogens is 1. The Morgan fingerprint density at radius 2 is 1.69 bits per heavy atom. The van der Waals surface area contributed by atoms with Crippen molar-refractivity contribution in [3.63, 3.8) is 0 Å². The van der Waals surface area contributed by atoms with E-state index in [0.29, 0.717) is 22.2 Å². The summed E-state index contributed by atoms with van der Waals surface area (Å²) < 4.78 is 28.1. The number of amides is 2. The summed E-state index contributed by atoms with van der Waals surface area (Å²) in [6.07, 6.45) is -1.31. The van der Waals surface area contributed by atoms with Gasteiger partial charge in [-0.1, -0.05) is 30.3 Å². The van der Waals surface area contributed by atoms with E-state index in [1.54, 1.807) is 42.5 Å². The molecule has 1 atom stereocenters. The molecule has 0 fully saturated rings. The quantitative estimate of drug-likeness (QED) is 0.459. The Balaban J connectivity index is 1.54. The van der Waals surface area contributed by atoms with Gasteiger partial charge in [0, 0.05) is 22.0 Å². The molecule has 0 saturated carbocycles. The lowest BCUT2D eigenvalue weighted by Gasteiger charge is -2.13. The van der Waals surface area contributed by atoms with Gasteiger partial charge in [0.05, 0.1) is 11.4 Å². The van der Waals surface area contributed by atoms with E-state index in [2.05, 4.69) is 20.6 Å². The maximum Gasteiger partial charge on any atom is 0.269 e. The largest absolute Gasteiger partial charge is 0.351 e. The maximum atomic E-state index is 14.6. The molecule has 158 valence electrons. The van der Waals surface area contributed by atoms with E-state index in [1.165, 1.54) is 30.3 Å². The minimum atomic E-state index is -1.31. The van der Waals surface area contributed by atoms with Crippen molar-refractivity contribution in [2.45, 2.75) is 6.17 Å². The topological polar surface area (TPSA) is 86.3 Å². The molecule has 4 aromatic rings. The van der Waals surface area contributed by atoms with Crippen LogP contribution in [0.3, 0.4) is 0 Å². The maximum absolute atomic E-state index is 14.6. The van der Waals surface area contributed by atoms with Gasteiger partial charge in [0.1, 0.15) is 17.3 Å². The summed E-state index contributed by atoms with van der Waals surface area (Å²) in [5, 5.41) is 5.82. The first-order valence-corrected chi connectivity index (χ1v) is 9.82. The summed E-state index contributed by atoms with van der Waals surface area (Å²) in [5.41, 5.74) is 2.15. The molecule has 32 heavy (non-hydrogen) atoms. The third-order valence-corrected chi connectivity index (χ3v) is 5.17. The van der Waals surface area contributed by atoms with Gasteiger partial charge in [-0.2, -0.15) is 0 Å². The van der Waals surface area contributed by atoms with Crippen LogP contribution >= 0.6 is 0 Å². The van der Waals surface area contributed by atoms with Crippen molar-refractivity contribution in [1.29, 1.82) is 0 Å². The van der Waals surface area contributed by atoms with Crippen LogP contribution in [0.2, 0.25) is 0 Å². The van der Waals surface area contributed by atoms with Gasteiger partial charge in [-0.15, -0.1) is 0 Å². The zero-order valence-electron chi connectivity index (χ0n) is 16.5. The number of carbonyl (C=O) groups is 2. The highest BCUT2D eigenvalue weighted by molar-refractivity contribution is 6.20. The number of nitrogens with one attached hydrogen (secondary N) is 3. The van der Waals surface area contributed by atoms with Gasteiger partial charge in [-0.05, 0) is 42.5 Å². The number of aromatic nitrogens is 1. The molecule has 1 aliphatic heterocycles. The van der Waals surface area contributed by atoms with E-state index in [1.807, 2.05) is 0 Å². The molecule has 3 N–H and O–H groups in total. The molecule has 6 nitrogen and oxygen atoms in total. The number of para-hydroxylation sites is 1. The third kappa shape index (κ3) is 3.51. The number of aromatic amines is 1. The van der Waals surface area contributed by atoms with Gasteiger partial charge in [-0.3, -0.25) is 9.59 Å². The molecule has 3 aromatic carbocycles. The van der Waals surface area contributed by atoms with Crippen LogP contribution in [0.15, 0.2) is 77.8 Å². The first kappa shape index (κ1) is 19.6. The lowest BCUT2D eigenvalue weighted by molar-refractivity contribution is -0.117. The molecule has 0 aliphatic carbocycles. The molecule has 2 heterocycles. The van der Waals surface area contributed by atoms with E-state index in [-0.39, 0.29) is 17.0 Å². The van der Waals surface area contributed by atoms with Crippen LogP contribution in [0.1, 0.15) is 21.6 Å². The molecule has 5 rings (SSSR count). The lowest BCUT2D eigenvalue weighted by Crippen LogP contribution is -2.42. The van der Waals surface area contributed by atoms with Crippen LogP contribution in [0.4, 0.5) is 14.5 Å². The van der Waals surface area contributed by atoms with Crippen LogP contribution in [0, 0.1) is 11.6 Å². The predicted octanol–water partition coefficient (Wildman–Crippen LogP) is 3.99. The molecule has 0 saturated heterocycles. The zero-order valence-corrected chi connectivity index (χ0v) is 16.5. The Kier molecular flexibility index (Phi) is 4.74. The molecule has 2 amide bonds. The summed E-state index contributed by atoms with van der Waals surface area (Å²) in [6, 6.07) is 18.6. The first-order valence-electron chi connectivity index (χ1n) is 9.82. The molecule has 0 radical (unpaired) electrons. The van der Waals surface area contributed by atoms with Crippen LogP contribution < -0.4 is 10.6 Å². The Morgan fingerprint density at radius 1 is 0.938 bits per heavy atom. The monoisotopic (exact) mass is 430 g/mol. The number of benzodiazepines with no additional fused rings is 1. The standard InChI is InChI=1S/C24H16F2N4O2/c25-14-9-10-18-13(11-14)12-20(27-18)23(31)30-22-24(32)28-19-8-4-2-6-16(19)21(29-22)15-5-1-3-7-17(15)26/h1-12,22,27H,(H,28,32)(H,30,31)/t22-/m0/s1. The summed E-state index contributed by atoms with van der Waals surface area (Å²) in [4.78, 5) is 33.0. The number of carbonyl (C=O) groups excluding carboxylic acids is 2. The van der Waals surface area contributed by atoms with Crippen molar-refractivity contribution in [3.8, 4) is 0 Å². The fraction of sp³-hybridized carbons (Fsp3) is 0.0417. The fourth-order valence-electron chi connectivity index (χ4n) is 3.65. The van der Waals surface area contributed by atoms with E-state index < -0.39 is 29.6 Å². The van der Waals surface area contributed by atoms with Crippen molar-refractivity contribution in [1.82, 2.24) is 10.3 Å². The van der Waals surface area contributed by atoms with Gasteiger partial charge < -0.3 is 15.6 Å². The molecular formula is C24H16F2N4O2. The molecule has 1 aromatic heterocycles. The van der Waals surface area contributed by atoms with Crippen LogP contribution in [-0.4, -0.2) is 28.7 Å². The van der Waals surface area contributed by atoms with Gasteiger partial charge >= 0.3 is 0 Å². The van der Waals surface area contributed by atoms with Gasteiger partial charge in [0.2, 0.25) is 6.17 Å². The van der Waals surface area contributed by atoms with Crippen molar-refractivity contribution < 1.29 is 18.4 Å². The highest BCUT2D eigenvalue weighted by Crippen LogP contribution is 2.25. The number of anilines is 1. The number of rotatable bonds is 3. The average Bonchev–Trinajstić information content (AvgIpc) is 3.15. The minimum absolute atomic E-state index is 0.141. The van der Waals surface area contributed by atoms with E-state index in [4.69, 9.17) is 0 Å². The number of hydrogen-bond donors (Lipinski definition) is 3. The van der Waals surface area contributed by atoms with E-state index in [0.717, 1.165) is 0 Å². The summed E-state index contributed by atoms with van der Waals surface area (Å²) in [7, 11) is 0. The highest BCUT2D eigenvalue weighted by atomic mass is 19.1. The number of fused-ring (bicyclic) bond motifs is 2. The SMILES string of the molecule is O=C(N[C@@H]1N=C(c2ccccc2F)c2ccccc2NC1=O)c1cc2cc(F)ccc2[nH]1. The number of aliphatic imine (C=N–C) groups is 1. The van der Waals surface area contributed by atoms with Crippen LogP contribution in [-0.2, 0) is 4.79 Å².